The zero-order valence-electron chi connectivity index (χ0n) is 17.4. The number of rotatable bonds is 6. The molecule has 1 amide bonds. The first-order valence-corrected chi connectivity index (χ1v) is 11.6. The Hall–Kier alpha value is -3.37. The van der Waals surface area contributed by atoms with Crippen molar-refractivity contribution in [3.05, 3.63) is 57.8 Å². The van der Waals surface area contributed by atoms with Gasteiger partial charge < -0.3 is 14.0 Å². The first-order valence-electron chi connectivity index (χ1n) is 9.88. The molecule has 0 spiro atoms. The maximum Gasteiger partial charge on any atom is 0.338 e. The molecule has 32 heavy (non-hydrogen) atoms. The summed E-state index contributed by atoms with van der Waals surface area (Å²) < 4.78 is 13.4. The molecule has 0 unspecified atom stereocenters. The van der Waals surface area contributed by atoms with Gasteiger partial charge >= 0.3 is 11.9 Å². The zero-order chi connectivity index (χ0) is 22.7. The molecule has 8 nitrogen and oxygen atoms in total. The van der Waals surface area contributed by atoms with Crippen LogP contribution in [0.5, 0.6) is 0 Å². The number of thiazole rings is 2. The monoisotopic (exact) mass is 469 g/mol. The van der Waals surface area contributed by atoms with Crippen LogP contribution in [0.4, 0.5) is 0 Å². The number of carbonyl (C=O) groups is 3. The van der Waals surface area contributed by atoms with Crippen LogP contribution in [0.15, 0.2) is 46.9 Å². The summed E-state index contributed by atoms with van der Waals surface area (Å²) in [5, 5.41) is 0. The van der Waals surface area contributed by atoms with E-state index in [0.29, 0.717) is 26.1 Å². The number of ether oxygens (including phenoxy) is 2. The average Bonchev–Trinajstić information content (AvgIpc) is 3.37. The van der Waals surface area contributed by atoms with Gasteiger partial charge in [0.25, 0.3) is 5.91 Å². The second-order valence-electron chi connectivity index (χ2n) is 6.63. The number of hydrogen-bond acceptors (Lipinski definition) is 8. The van der Waals surface area contributed by atoms with Gasteiger partial charge in [0.1, 0.15) is 6.54 Å². The molecule has 4 aromatic rings. The molecule has 2 aromatic carbocycles. The van der Waals surface area contributed by atoms with Gasteiger partial charge in [-0.1, -0.05) is 11.3 Å². The fraction of sp³-hybridized carbons (Fsp3) is 0.227. The maximum absolute atomic E-state index is 12.9. The molecule has 0 radical (unpaired) electrons. The fourth-order valence-corrected chi connectivity index (χ4v) is 4.91. The van der Waals surface area contributed by atoms with Gasteiger partial charge in [-0.15, -0.1) is 11.3 Å². The largest absolute Gasteiger partial charge is 0.465 e. The van der Waals surface area contributed by atoms with Gasteiger partial charge in [0, 0.05) is 5.56 Å². The van der Waals surface area contributed by atoms with E-state index >= 15 is 0 Å². The fourth-order valence-electron chi connectivity index (χ4n) is 3.13. The maximum atomic E-state index is 12.9. The number of nitrogens with zero attached hydrogens (tertiary/aromatic N) is 3. The molecule has 0 atom stereocenters. The van der Waals surface area contributed by atoms with Gasteiger partial charge in [-0.3, -0.25) is 9.59 Å². The van der Waals surface area contributed by atoms with Gasteiger partial charge in [0.15, 0.2) is 4.80 Å². The lowest BCUT2D eigenvalue weighted by Crippen LogP contribution is -2.23. The highest BCUT2D eigenvalue weighted by molar-refractivity contribution is 7.17. The van der Waals surface area contributed by atoms with Crippen molar-refractivity contribution in [3.63, 3.8) is 0 Å². The van der Waals surface area contributed by atoms with Crippen LogP contribution in [0.1, 0.15) is 34.6 Å². The molecule has 10 heteroatoms. The van der Waals surface area contributed by atoms with Crippen LogP contribution in [0.25, 0.3) is 20.4 Å². The summed E-state index contributed by atoms with van der Waals surface area (Å²) in [7, 11) is 0. The van der Waals surface area contributed by atoms with E-state index in [4.69, 9.17) is 9.47 Å². The summed E-state index contributed by atoms with van der Waals surface area (Å²) in [6.45, 7) is 3.87. The van der Waals surface area contributed by atoms with E-state index < -0.39 is 17.8 Å². The van der Waals surface area contributed by atoms with Crippen molar-refractivity contribution in [1.29, 1.82) is 0 Å². The molecule has 0 saturated heterocycles. The molecule has 0 saturated carbocycles. The van der Waals surface area contributed by atoms with Crippen molar-refractivity contribution < 1.29 is 23.9 Å². The minimum absolute atomic E-state index is 0.105. The third-order valence-electron chi connectivity index (χ3n) is 4.56. The number of carbonyl (C=O) groups excluding carboxylic acids is 3. The number of aromatic nitrogens is 2. The predicted octanol–water partition coefficient (Wildman–Crippen LogP) is 3.79. The van der Waals surface area contributed by atoms with E-state index in [0.717, 1.165) is 10.2 Å². The van der Waals surface area contributed by atoms with Crippen LogP contribution >= 0.6 is 22.7 Å². The highest BCUT2D eigenvalue weighted by Gasteiger charge is 2.16. The van der Waals surface area contributed by atoms with E-state index in [1.165, 1.54) is 22.7 Å². The number of fused-ring (bicyclic) bond motifs is 2. The third kappa shape index (κ3) is 4.46. The Morgan fingerprint density at radius 2 is 1.75 bits per heavy atom. The van der Waals surface area contributed by atoms with Crippen molar-refractivity contribution in [3.8, 4) is 0 Å². The quantitative estimate of drug-likeness (QED) is 0.398. The highest BCUT2D eigenvalue weighted by atomic mass is 32.1. The summed E-state index contributed by atoms with van der Waals surface area (Å²) in [5.41, 5.74) is 4.01. The Morgan fingerprint density at radius 1 is 1.00 bits per heavy atom. The predicted molar refractivity (Wildman–Crippen MR) is 122 cm³/mol. The molecule has 0 bridgehead atoms. The second-order valence-corrected chi connectivity index (χ2v) is 8.53. The first kappa shape index (κ1) is 21.8. The topological polar surface area (TPSA) is 99.9 Å². The minimum atomic E-state index is -0.443. The van der Waals surface area contributed by atoms with E-state index in [-0.39, 0.29) is 19.8 Å². The van der Waals surface area contributed by atoms with Gasteiger partial charge in [0.2, 0.25) is 0 Å². The van der Waals surface area contributed by atoms with Crippen molar-refractivity contribution >= 4 is 61.0 Å². The van der Waals surface area contributed by atoms with E-state index in [1.54, 1.807) is 60.3 Å². The molecule has 0 aliphatic rings. The van der Waals surface area contributed by atoms with Crippen molar-refractivity contribution in [2.24, 2.45) is 4.99 Å². The van der Waals surface area contributed by atoms with Crippen LogP contribution < -0.4 is 4.80 Å². The molecule has 164 valence electrons. The number of amides is 1. The molecule has 0 aliphatic carbocycles. The third-order valence-corrected chi connectivity index (χ3v) is 6.39. The lowest BCUT2D eigenvalue weighted by atomic mass is 10.2. The molecular weight excluding hydrogens is 450 g/mol. The normalized spacial score (nSPS) is 11.8. The Labute approximate surface area is 190 Å². The van der Waals surface area contributed by atoms with Crippen molar-refractivity contribution in [1.82, 2.24) is 9.55 Å². The summed E-state index contributed by atoms with van der Waals surface area (Å²) in [6.07, 6.45) is 0. The van der Waals surface area contributed by atoms with Crippen LogP contribution in [0.2, 0.25) is 0 Å². The SMILES string of the molecule is CCOC(=O)Cn1c(=NC(=O)c2ccc3ncsc3c2)sc2cc(C(=O)OCC)ccc21. The van der Waals surface area contributed by atoms with E-state index in [9.17, 15) is 14.4 Å². The molecule has 0 aliphatic heterocycles. The van der Waals surface area contributed by atoms with Gasteiger partial charge in [0.05, 0.1) is 44.7 Å². The van der Waals surface area contributed by atoms with Crippen LogP contribution in [-0.2, 0) is 20.8 Å². The molecule has 2 heterocycles. The Bertz CT molecular complexity index is 1400. The van der Waals surface area contributed by atoms with E-state index in [1.807, 2.05) is 0 Å². The molecule has 4 rings (SSSR count). The summed E-state index contributed by atoms with van der Waals surface area (Å²) >= 11 is 2.65. The van der Waals surface area contributed by atoms with Gasteiger partial charge in [-0.05, 0) is 50.2 Å². The Balaban J connectivity index is 1.80. The van der Waals surface area contributed by atoms with Crippen LogP contribution in [-0.4, -0.2) is 40.6 Å². The molecular formula is C22H19N3O5S2. The highest BCUT2D eigenvalue weighted by Crippen LogP contribution is 2.22. The van der Waals surface area contributed by atoms with Crippen LogP contribution in [0, 0.1) is 0 Å². The number of esters is 2. The van der Waals surface area contributed by atoms with Crippen molar-refractivity contribution in [2.45, 2.75) is 20.4 Å². The smallest absolute Gasteiger partial charge is 0.338 e. The lowest BCUT2D eigenvalue weighted by Gasteiger charge is -2.06. The number of benzene rings is 2. The Kier molecular flexibility index (Phi) is 6.42. The average molecular weight is 470 g/mol. The first-order chi connectivity index (χ1) is 15.5. The van der Waals surface area contributed by atoms with E-state index in [2.05, 4.69) is 9.98 Å². The summed E-state index contributed by atoms with van der Waals surface area (Å²) in [4.78, 5) is 46.0. The molecule has 0 N–H and O–H groups in total. The van der Waals surface area contributed by atoms with Gasteiger partial charge in [-0.2, -0.15) is 4.99 Å². The minimum Gasteiger partial charge on any atom is -0.465 e. The summed E-state index contributed by atoms with van der Waals surface area (Å²) in [5.74, 6) is -1.32. The van der Waals surface area contributed by atoms with Crippen molar-refractivity contribution in [2.75, 3.05) is 13.2 Å². The van der Waals surface area contributed by atoms with Crippen LogP contribution in [0.3, 0.4) is 0 Å². The number of hydrogen-bond donors (Lipinski definition) is 0. The molecule has 2 aromatic heterocycles. The standard InChI is InChI=1S/C22H19N3O5S2/c1-3-29-19(26)11-25-16-8-6-14(21(28)30-4-2)10-18(16)32-22(25)24-20(27)13-5-7-15-17(9-13)31-12-23-15/h5-10,12H,3-4,11H2,1-2H3. The molecule has 0 fully saturated rings. The van der Waals surface area contributed by atoms with Gasteiger partial charge in [-0.25, -0.2) is 9.78 Å². The lowest BCUT2D eigenvalue weighted by molar-refractivity contribution is -0.143. The Morgan fingerprint density at radius 3 is 2.53 bits per heavy atom. The second kappa shape index (κ2) is 9.41. The zero-order valence-corrected chi connectivity index (χ0v) is 19.0. The summed E-state index contributed by atoms with van der Waals surface area (Å²) in [6, 6.07) is 10.2.